The zero-order chi connectivity index (χ0) is 23.5. The molecule has 5 rings (SSSR count). The van der Waals surface area contributed by atoms with Crippen LogP contribution in [0.3, 0.4) is 0 Å². The van der Waals surface area contributed by atoms with Crippen LogP contribution in [-0.2, 0) is 0 Å². The normalized spacial score (nSPS) is 15.5. The van der Waals surface area contributed by atoms with Crippen molar-refractivity contribution in [3.05, 3.63) is 48.3 Å². The molecule has 0 radical (unpaired) electrons. The molecule has 3 heterocycles. The quantitative estimate of drug-likeness (QED) is 0.400. The lowest BCUT2D eigenvalue weighted by Crippen LogP contribution is -2.38. The van der Waals surface area contributed by atoms with Gasteiger partial charge in [-0.2, -0.15) is 4.98 Å². The first kappa shape index (κ1) is 22.4. The maximum Gasteiger partial charge on any atom is 0.322 e. The fourth-order valence-electron chi connectivity index (χ4n) is 4.45. The summed E-state index contributed by atoms with van der Waals surface area (Å²) in [6.45, 7) is 4.89. The molecule has 0 bridgehead atoms. The number of aromatic nitrogens is 3. The number of nitrogens with one attached hydrogen (secondary N) is 1. The van der Waals surface area contributed by atoms with Gasteiger partial charge in [0.15, 0.2) is 11.5 Å². The molecule has 0 aliphatic carbocycles. The summed E-state index contributed by atoms with van der Waals surface area (Å²) in [5.74, 6) is 1.77. The van der Waals surface area contributed by atoms with Crippen LogP contribution < -0.4 is 14.2 Å². The third-order valence-electron chi connectivity index (χ3n) is 6.13. The van der Waals surface area contributed by atoms with Gasteiger partial charge in [0.25, 0.3) is 0 Å². The second-order valence-electron chi connectivity index (χ2n) is 8.84. The van der Waals surface area contributed by atoms with E-state index in [1.165, 1.54) is 19.3 Å². The number of methoxy groups -OCH3 is 1. The Morgan fingerprint density at radius 3 is 2.74 bits per heavy atom. The largest absolute Gasteiger partial charge is 0.493 e. The number of hydrogen-bond acceptors (Lipinski definition) is 7. The molecule has 34 heavy (non-hydrogen) atoms. The van der Waals surface area contributed by atoms with E-state index in [4.69, 9.17) is 14.2 Å². The first-order valence-electron chi connectivity index (χ1n) is 11.7. The van der Waals surface area contributed by atoms with Gasteiger partial charge in [0, 0.05) is 40.8 Å². The van der Waals surface area contributed by atoms with Gasteiger partial charge in [-0.25, -0.2) is 4.98 Å². The Labute approximate surface area is 198 Å². The third kappa shape index (κ3) is 5.08. The third-order valence-corrected chi connectivity index (χ3v) is 6.13. The summed E-state index contributed by atoms with van der Waals surface area (Å²) < 4.78 is 17.4. The van der Waals surface area contributed by atoms with Gasteiger partial charge in [-0.3, -0.25) is 0 Å². The maximum absolute atomic E-state index is 10.5. The Morgan fingerprint density at radius 2 is 1.91 bits per heavy atom. The number of aryl methyl sites for hydroxylation is 1. The minimum absolute atomic E-state index is 0.183. The highest BCUT2D eigenvalue weighted by Gasteiger charge is 2.17. The molecule has 1 unspecified atom stereocenters. The van der Waals surface area contributed by atoms with Crippen molar-refractivity contribution >= 4 is 21.8 Å². The van der Waals surface area contributed by atoms with Crippen molar-refractivity contribution in [3.63, 3.8) is 0 Å². The van der Waals surface area contributed by atoms with Crippen molar-refractivity contribution in [3.8, 4) is 23.3 Å². The molecular weight excluding hydrogens is 432 g/mol. The maximum atomic E-state index is 10.5. The molecule has 8 nitrogen and oxygen atoms in total. The number of rotatable bonds is 8. The van der Waals surface area contributed by atoms with Gasteiger partial charge in [0.2, 0.25) is 0 Å². The summed E-state index contributed by atoms with van der Waals surface area (Å²) >= 11 is 0. The highest BCUT2D eigenvalue weighted by atomic mass is 16.5. The lowest BCUT2D eigenvalue weighted by molar-refractivity contribution is 0.0609. The Bertz CT molecular complexity index is 1280. The van der Waals surface area contributed by atoms with Crippen molar-refractivity contribution in [1.82, 2.24) is 19.9 Å². The standard InChI is InChI=1S/C26H30N4O4/c1-17-10-18-11-21(6-7-22(18)28-17)34-26-27-14-19-12-24(32-2)25(13-23(19)29-26)33-16-20(31)15-30-8-4-3-5-9-30/h6-7,10-14,20,28,31H,3-5,8-9,15-16H2,1-2H3. The van der Waals surface area contributed by atoms with Gasteiger partial charge >= 0.3 is 6.01 Å². The summed E-state index contributed by atoms with van der Waals surface area (Å²) in [6, 6.07) is 11.8. The van der Waals surface area contributed by atoms with E-state index >= 15 is 0 Å². The SMILES string of the molecule is COc1cc2cnc(Oc3ccc4[nH]c(C)cc4c3)nc2cc1OCC(O)CN1CCCCC1. The lowest BCUT2D eigenvalue weighted by Gasteiger charge is -2.28. The fraction of sp³-hybridized carbons (Fsp3) is 0.385. The van der Waals surface area contributed by atoms with Crippen LogP contribution >= 0.6 is 0 Å². The second kappa shape index (κ2) is 9.87. The number of aliphatic hydroxyl groups is 1. The van der Waals surface area contributed by atoms with E-state index in [-0.39, 0.29) is 12.6 Å². The van der Waals surface area contributed by atoms with E-state index in [1.54, 1.807) is 19.4 Å². The van der Waals surface area contributed by atoms with E-state index in [0.29, 0.717) is 29.3 Å². The second-order valence-corrected chi connectivity index (χ2v) is 8.84. The van der Waals surface area contributed by atoms with Gasteiger partial charge in [0.05, 0.1) is 12.6 Å². The minimum atomic E-state index is -0.574. The lowest BCUT2D eigenvalue weighted by atomic mass is 10.1. The van der Waals surface area contributed by atoms with Crippen LogP contribution in [0.25, 0.3) is 21.8 Å². The monoisotopic (exact) mass is 462 g/mol. The van der Waals surface area contributed by atoms with Crippen molar-refractivity contribution in [1.29, 1.82) is 0 Å². The van der Waals surface area contributed by atoms with E-state index < -0.39 is 6.10 Å². The number of hydrogen-bond donors (Lipinski definition) is 2. The Kier molecular flexibility index (Phi) is 6.51. The molecule has 1 aliphatic heterocycles. The number of piperidine rings is 1. The summed E-state index contributed by atoms with van der Waals surface area (Å²) in [4.78, 5) is 14.5. The first-order valence-corrected chi connectivity index (χ1v) is 11.7. The summed E-state index contributed by atoms with van der Waals surface area (Å²) in [6.07, 6.45) is 4.78. The molecular formula is C26H30N4O4. The van der Waals surface area contributed by atoms with Crippen molar-refractivity contribution in [2.24, 2.45) is 0 Å². The number of nitrogens with zero attached hydrogens (tertiary/aromatic N) is 3. The first-order chi connectivity index (χ1) is 16.6. The number of likely N-dealkylation sites (tertiary alicyclic amines) is 1. The molecule has 0 saturated carbocycles. The minimum Gasteiger partial charge on any atom is -0.493 e. The van der Waals surface area contributed by atoms with Gasteiger partial charge in [-0.1, -0.05) is 6.42 Å². The smallest absolute Gasteiger partial charge is 0.322 e. The summed E-state index contributed by atoms with van der Waals surface area (Å²) in [5.41, 5.74) is 2.82. The fourth-order valence-corrected chi connectivity index (χ4v) is 4.45. The van der Waals surface area contributed by atoms with E-state index in [2.05, 4.69) is 25.9 Å². The average molecular weight is 463 g/mol. The molecule has 178 valence electrons. The molecule has 1 atom stereocenters. The molecule has 0 amide bonds. The number of fused-ring (bicyclic) bond motifs is 2. The molecule has 1 aliphatic rings. The number of ether oxygens (including phenoxy) is 3. The predicted octanol–water partition coefficient (Wildman–Crippen LogP) is 4.45. The van der Waals surface area contributed by atoms with Gasteiger partial charge in [-0.05, 0) is 63.2 Å². The van der Waals surface area contributed by atoms with Crippen LogP contribution in [0, 0.1) is 6.92 Å². The average Bonchev–Trinajstić information content (AvgIpc) is 3.22. The van der Waals surface area contributed by atoms with E-state index in [1.807, 2.05) is 31.2 Å². The van der Waals surface area contributed by atoms with Crippen molar-refractivity contribution < 1.29 is 19.3 Å². The van der Waals surface area contributed by atoms with Gasteiger partial charge in [-0.15, -0.1) is 0 Å². The van der Waals surface area contributed by atoms with Crippen LogP contribution in [0.5, 0.6) is 23.3 Å². The molecule has 8 heteroatoms. The Morgan fingerprint density at radius 1 is 1.06 bits per heavy atom. The van der Waals surface area contributed by atoms with Crippen LogP contribution in [0.15, 0.2) is 42.6 Å². The van der Waals surface area contributed by atoms with Gasteiger partial charge in [0.1, 0.15) is 18.5 Å². The number of H-pyrrole nitrogens is 1. The molecule has 4 aromatic rings. The Hall–Kier alpha value is -3.36. The highest BCUT2D eigenvalue weighted by molar-refractivity contribution is 5.83. The number of aromatic amines is 1. The van der Waals surface area contributed by atoms with Crippen LogP contribution in [-0.4, -0.2) is 64.4 Å². The van der Waals surface area contributed by atoms with Crippen LogP contribution in [0.1, 0.15) is 25.0 Å². The topological polar surface area (TPSA) is 92.7 Å². The molecule has 2 aromatic carbocycles. The van der Waals surface area contributed by atoms with Gasteiger partial charge < -0.3 is 29.2 Å². The molecule has 2 N–H and O–H groups in total. The number of benzene rings is 2. The highest BCUT2D eigenvalue weighted by Crippen LogP contribution is 2.33. The summed E-state index contributed by atoms with van der Waals surface area (Å²) in [5, 5.41) is 12.3. The van der Waals surface area contributed by atoms with Crippen LogP contribution in [0.4, 0.5) is 0 Å². The molecule has 0 spiro atoms. The zero-order valence-corrected chi connectivity index (χ0v) is 19.6. The number of β-amino-alcohol motifs (C(OH)–C–C–N with tert-alkyl or cyclic N) is 1. The zero-order valence-electron chi connectivity index (χ0n) is 19.6. The van der Waals surface area contributed by atoms with Crippen molar-refractivity contribution in [2.45, 2.75) is 32.3 Å². The molecule has 1 saturated heterocycles. The van der Waals surface area contributed by atoms with E-state index in [9.17, 15) is 5.11 Å². The van der Waals surface area contributed by atoms with Crippen molar-refractivity contribution in [2.75, 3.05) is 33.4 Å². The van der Waals surface area contributed by atoms with E-state index in [0.717, 1.165) is 35.1 Å². The Balaban J connectivity index is 1.31. The van der Waals surface area contributed by atoms with Crippen LogP contribution in [0.2, 0.25) is 0 Å². The summed E-state index contributed by atoms with van der Waals surface area (Å²) in [7, 11) is 1.59. The number of aliphatic hydroxyl groups excluding tert-OH is 1. The molecule has 1 fully saturated rings. The molecule has 2 aromatic heterocycles. The predicted molar refractivity (Wildman–Crippen MR) is 131 cm³/mol.